The van der Waals surface area contributed by atoms with Gasteiger partial charge in [0.15, 0.2) is 5.06 Å². The topological polar surface area (TPSA) is 52.3 Å². The second-order valence-corrected chi connectivity index (χ2v) is 4.09. The minimum atomic E-state index is -0.501. The second kappa shape index (κ2) is 4.32. The Kier molecular flexibility index (Phi) is 2.87. The SMILES string of the molecule is NC(=O)c1ccc(Oc2cccc(F)c2)s1. The molecule has 2 aromatic rings. The van der Waals surface area contributed by atoms with Crippen molar-refractivity contribution in [3.05, 3.63) is 47.1 Å². The summed E-state index contributed by atoms with van der Waals surface area (Å²) >= 11 is 1.12. The fraction of sp³-hybridized carbons (Fsp3) is 0. The van der Waals surface area contributed by atoms with Gasteiger partial charge in [-0.05, 0) is 24.3 Å². The molecule has 0 saturated heterocycles. The Morgan fingerprint density at radius 2 is 2.12 bits per heavy atom. The summed E-state index contributed by atoms with van der Waals surface area (Å²) in [5.74, 6) is -0.485. The first kappa shape index (κ1) is 10.6. The van der Waals surface area contributed by atoms with E-state index in [-0.39, 0.29) is 5.82 Å². The number of carbonyl (C=O) groups is 1. The quantitative estimate of drug-likeness (QED) is 0.892. The Morgan fingerprint density at radius 1 is 1.31 bits per heavy atom. The highest BCUT2D eigenvalue weighted by Gasteiger charge is 2.06. The molecule has 1 heterocycles. The summed E-state index contributed by atoms with van der Waals surface area (Å²) in [5, 5.41) is 0.499. The lowest BCUT2D eigenvalue weighted by atomic mass is 10.3. The van der Waals surface area contributed by atoms with Crippen molar-refractivity contribution < 1.29 is 13.9 Å². The summed E-state index contributed by atoms with van der Waals surface area (Å²) in [4.78, 5) is 11.2. The number of halogens is 1. The zero-order chi connectivity index (χ0) is 11.5. The molecule has 1 amide bonds. The first-order valence-electron chi connectivity index (χ1n) is 4.48. The number of primary amides is 1. The standard InChI is InChI=1S/C11H8FNO2S/c12-7-2-1-3-8(6-7)15-10-5-4-9(16-10)11(13)14/h1-6H,(H2,13,14). The van der Waals surface area contributed by atoms with Crippen molar-refractivity contribution >= 4 is 17.2 Å². The van der Waals surface area contributed by atoms with E-state index in [0.717, 1.165) is 11.3 Å². The summed E-state index contributed by atoms with van der Waals surface area (Å²) in [6, 6.07) is 8.97. The Bertz CT molecular complexity index is 524. The van der Waals surface area contributed by atoms with Gasteiger partial charge in [-0.2, -0.15) is 0 Å². The second-order valence-electron chi connectivity index (χ2n) is 3.04. The number of hydrogen-bond acceptors (Lipinski definition) is 3. The van der Waals surface area contributed by atoms with E-state index in [1.165, 1.54) is 12.1 Å². The van der Waals surface area contributed by atoms with Gasteiger partial charge < -0.3 is 10.5 Å². The molecule has 1 aromatic carbocycles. The third kappa shape index (κ3) is 2.38. The van der Waals surface area contributed by atoms with Gasteiger partial charge >= 0.3 is 0 Å². The minimum absolute atomic E-state index is 0.371. The maximum atomic E-state index is 12.9. The monoisotopic (exact) mass is 237 g/mol. The summed E-state index contributed by atoms with van der Waals surface area (Å²) in [6.07, 6.45) is 0. The molecule has 2 rings (SSSR count). The fourth-order valence-electron chi connectivity index (χ4n) is 1.15. The smallest absolute Gasteiger partial charge is 0.258 e. The van der Waals surface area contributed by atoms with Gasteiger partial charge in [0.1, 0.15) is 11.6 Å². The number of nitrogens with two attached hydrogens (primary N) is 1. The van der Waals surface area contributed by atoms with E-state index >= 15 is 0 Å². The van der Waals surface area contributed by atoms with Gasteiger partial charge in [0, 0.05) is 6.07 Å². The van der Waals surface area contributed by atoms with Gasteiger partial charge in [-0.3, -0.25) is 4.79 Å². The van der Waals surface area contributed by atoms with E-state index in [9.17, 15) is 9.18 Å². The Hall–Kier alpha value is -1.88. The molecular weight excluding hydrogens is 229 g/mol. The van der Waals surface area contributed by atoms with Crippen molar-refractivity contribution in [2.24, 2.45) is 5.73 Å². The first-order valence-corrected chi connectivity index (χ1v) is 5.30. The van der Waals surface area contributed by atoms with Crippen LogP contribution in [0, 0.1) is 5.82 Å². The number of amides is 1. The van der Waals surface area contributed by atoms with Crippen LogP contribution in [-0.4, -0.2) is 5.91 Å². The number of hydrogen-bond donors (Lipinski definition) is 1. The molecule has 0 aliphatic carbocycles. The molecule has 16 heavy (non-hydrogen) atoms. The maximum absolute atomic E-state index is 12.9. The minimum Gasteiger partial charge on any atom is -0.447 e. The van der Waals surface area contributed by atoms with E-state index in [2.05, 4.69) is 0 Å². The third-order valence-corrected chi connectivity index (χ3v) is 2.82. The lowest BCUT2D eigenvalue weighted by Gasteiger charge is -2.01. The normalized spacial score (nSPS) is 10.1. The highest BCUT2D eigenvalue weighted by molar-refractivity contribution is 7.15. The lowest BCUT2D eigenvalue weighted by molar-refractivity contribution is 0.100. The molecule has 3 nitrogen and oxygen atoms in total. The summed E-state index contributed by atoms with van der Waals surface area (Å²) in [7, 11) is 0. The van der Waals surface area contributed by atoms with E-state index < -0.39 is 5.91 Å². The van der Waals surface area contributed by atoms with E-state index in [0.29, 0.717) is 15.7 Å². The van der Waals surface area contributed by atoms with E-state index in [4.69, 9.17) is 10.5 Å². The molecule has 0 aliphatic heterocycles. The van der Waals surface area contributed by atoms with Crippen molar-refractivity contribution in [3.8, 4) is 10.8 Å². The molecular formula is C11H8FNO2S. The lowest BCUT2D eigenvalue weighted by Crippen LogP contribution is -2.07. The fourth-order valence-corrected chi connectivity index (χ4v) is 1.88. The van der Waals surface area contributed by atoms with E-state index in [1.54, 1.807) is 24.3 Å². The summed E-state index contributed by atoms with van der Waals surface area (Å²) < 4.78 is 18.2. The van der Waals surface area contributed by atoms with Gasteiger partial charge in [0.25, 0.3) is 5.91 Å². The largest absolute Gasteiger partial charge is 0.447 e. The number of thiophene rings is 1. The zero-order valence-electron chi connectivity index (χ0n) is 8.14. The third-order valence-electron chi connectivity index (χ3n) is 1.84. The van der Waals surface area contributed by atoms with Crippen molar-refractivity contribution in [2.75, 3.05) is 0 Å². The van der Waals surface area contributed by atoms with Gasteiger partial charge in [-0.15, -0.1) is 0 Å². The van der Waals surface area contributed by atoms with Crippen molar-refractivity contribution in [3.63, 3.8) is 0 Å². The molecule has 0 radical (unpaired) electrons. The van der Waals surface area contributed by atoms with Gasteiger partial charge in [-0.1, -0.05) is 17.4 Å². The average Bonchev–Trinajstić information content (AvgIpc) is 2.66. The molecule has 0 atom stereocenters. The van der Waals surface area contributed by atoms with Crippen LogP contribution >= 0.6 is 11.3 Å². The van der Waals surface area contributed by atoms with Crippen LogP contribution in [0.15, 0.2) is 36.4 Å². The molecule has 0 bridgehead atoms. The number of carbonyl (C=O) groups excluding carboxylic acids is 1. The van der Waals surface area contributed by atoms with Crippen LogP contribution < -0.4 is 10.5 Å². The summed E-state index contributed by atoms with van der Waals surface area (Å²) in [5.41, 5.74) is 5.10. The predicted octanol–water partition coefficient (Wildman–Crippen LogP) is 2.78. The first-order chi connectivity index (χ1) is 7.65. The molecule has 0 fully saturated rings. The molecule has 1 aromatic heterocycles. The molecule has 2 N–H and O–H groups in total. The Morgan fingerprint density at radius 3 is 2.75 bits per heavy atom. The molecule has 82 valence electrons. The zero-order valence-corrected chi connectivity index (χ0v) is 8.96. The van der Waals surface area contributed by atoms with Crippen LogP contribution in [0.3, 0.4) is 0 Å². The van der Waals surface area contributed by atoms with Crippen molar-refractivity contribution in [1.82, 2.24) is 0 Å². The van der Waals surface area contributed by atoms with Gasteiger partial charge in [0.05, 0.1) is 4.88 Å². The maximum Gasteiger partial charge on any atom is 0.258 e. The van der Waals surface area contributed by atoms with Crippen LogP contribution in [0.25, 0.3) is 0 Å². The van der Waals surface area contributed by atoms with Crippen molar-refractivity contribution in [2.45, 2.75) is 0 Å². The highest BCUT2D eigenvalue weighted by Crippen LogP contribution is 2.29. The average molecular weight is 237 g/mol. The Balaban J connectivity index is 2.17. The molecule has 0 spiro atoms. The van der Waals surface area contributed by atoms with Crippen LogP contribution in [0.4, 0.5) is 4.39 Å². The number of ether oxygens (including phenoxy) is 1. The predicted molar refractivity (Wildman–Crippen MR) is 59.3 cm³/mol. The van der Waals surface area contributed by atoms with Crippen LogP contribution in [0.2, 0.25) is 0 Å². The van der Waals surface area contributed by atoms with E-state index in [1.807, 2.05) is 0 Å². The van der Waals surface area contributed by atoms with Crippen LogP contribution in [0.1, 0.15) is 9.67 Å². The molecule has 0 unspecified atom stereocenters. The number of rotatable bonds is 3. The van der Waals surface area contributed by atoms with Crippen LogP contribution in [-0.2, 0) is 0 Å². The highest BCUT2D eigenvalue weighted by atomic mass is 32.1. The molecule has 0 aliphatic rings. The van der Waals surface area contributed by atoms with Crippen LogP contribution in [0.5, 0.6) is 10.8 Å². The summed E-state index contributed by atoms with van der Waals surface area (Å²) in [6.45, 7) is 0. The van der Waals surface area contributed by atoms with Gasteiger partial charge in [0.2, 0.25) is 0 Å². The number of benzene rings is 1. The molecule has 0 saturated carbocycles. The molecule has 5 heteroatoms. The van der Waals surface area contributed by atoms with Crippen molar-refractivity contribution in [1.29, 1.82) is 0 Å². The van der Waals surface area contributed by atoms with Gasteiger partial charge in [-0.25, -0.2) is 4.39 Å². The Labute approximate surface area is 95.3 Å².